The van der Waals surface area contributed by atoms with Gasteiger partial charge in [0, 0.05) is 12.6 Å². The van der Waals surface area contributed by atoms with Crippen LogP contribution in [0.5, 0.6) is 0 Å². The van der Waals surface area contributed by atoms with Gasteiger partial charge in [0.05, 0.1) is 6.61 Å². The molecule has 0 spiro atoms. The minimum Gasteiger partial charge on any atom is -0.372 e. The van der Waals surface area contributed by atoms with Gasteiger partial charge in [0.1, 0.15) is 6.61 Å². The average Bonchev–Trinajstić information content (AvgIpc) is 2.10. The molecule has 17 heavy (non-hydrogen) atoms. The summed E-state index contributed by atoms with van der Waals surface area (Å²) >= 11 is 0. The molecular formula is C12H24F3NO. The number of nitrogens with one attached hydrogen (secondary N) is 1. The fourth-order valence-electron chi connectivity index (χ4n) is 1.62. The van der Waals surface area contributed by atoms with E-state index >= 15 is 0 Å². The Morgan fingerprint density at radius 2 is 1.71 bits per heavy atom. The molecule has 1 N–H and O–H groups in total. The van der Waals surface area contributed by atoms with E-state index in [-0.39, 0.29) is 12.5 Å². The van der Waals surface area contributed by atoms with E-state index in [2.05, 4.69) is 19.2 Å². The van der Waals surface area contributed by atoms with Crippen LogP contribution in [0.2, 0.25) is 0 Å². The van der Waals surface area contributed by atoms with Crippen molar-refractivity contribution in [3.05, 3.63) is 0 Å². The van der Waals surface area contributed by atoms with E-state index in [0.29, 0.717) is 18.5 Å². The second-order valence-corrected chi connectivity index (χ2v) is 5.19. The van der Waals surface area contributed by atoms with Gasteiger partial charge in [-0.05, 0) is 18.3 Å². The smallest absolute Gasteiger partial charge is 0.372 e. The van der Waals surface area contributed by atoms with Crippen molar-refractivity contribution >= 4 is 0 Å². The highest BCUT2D eigenvalue weighted by Gasteiger charge is 2.28. The Bertz CT molecular complexity index is 193. The number of hydrogen-bond donors (Lipinski definition) is 1. The molecule has 0 aliphatic rings. The molecule has 0 aromatic heterocycles. The molecule has 0 bridgehead atoms. The van der Waals surface area contributed by atoms with Crippen LogP contribution >= 0.6 is 0 Å². The van der Waals surface area contributed by atoms with Gasteiger partial charge in [0.15, 0.2) is 0 Å². The third-order valence-electron chi connectivity index (χ3n) is 2.24. The fourth-order valence-corrected chi connectivity index (χ4v) is 1.62. The Morgan fingerprint density at radius 1 is 1.12 bits per heavy atom. The number of rotatable bonds is 8. The van der Waals surface area contributed by atoms with Crippen LogP contribution in [0, 0.1) is 11.8 Å². The molecule has 104 valence electrons. The zero-order valence-corrected chi connectivity index (χ0v) is 11.1. The predicted molar refractivity (Wildman–Crippen MR) is 63.0 cm³/mol. The predicted octanol–water partition coefficient (Wildman–Crippen LogP) is 3.23. The highest BCUT2D eigenvalue weighted by Crippen LogP contribution is 2.17. The second-order valence-electron chi connectivity index (χ2n) is 5.19. The van der Waals surface area contributed by atoms with Crippen LogP contribution in [0.25, 0.3) is 0 Å². The van der Waals surface area contributed by atoms with Crippen molar-refractivity contribution < 1.29 is 17.9 Å². The van der Waals surface area contributed by atoms with Gasteiger partial charge in [0.25, 0.3) is 0 Å². The molecular weight excluding hydrogens is 231 g/mol. The molecule has 1 unspecified atom stereocenters. The summed E-state index contributed by atoms with van der Waals surface area (Å²) in [7, 11) is 0. The third kappa shape index (κ3) is 12.0. The van der Waals surface area contributed by atoms with E-state index in [1.54, 1.807) is 0 Å². The summed E-state index contributed by atoms with van der Waals surface area (Å²) in [6, 6.07) is 0.340. The first-order valence-corrected chi connectivity index (χ1v) is 6.08. The molecule has 5 heteroatoms. The van der Waals surface area contributed by atoms with Crippen molar-refractivity contribution in [2.45, 2.75) is 46.3 Å². The zero-order chi connectivity index (χ0) is 13.5. The number of hydrogen-bond acceptors (Lipinski definition) is 2. The fraction of sp³-hybridized carbons (Fsp3) is 1.00. The first kappa shape index (κ1) is 16.7. The van der Waals surface area contributed by atoms with Crippen molar-refractivity contribution in [2.75, 3.05) is 19.8 Å². The molecule has 0 amide bonds. The minimum absolute atomic E-state index is 0.139. The van der Waals surface area contributed by atoms with Crippen LogP contribution in [0.15, 0.2) is 0 Å². The summed E-state index contributed by atoms with van der Waals surface area (Å²) in [6.45, 7) is 7.87. The highest BCUT2D eigenvalue weighted by atomic mass is 19.4. The van der Waals surface area contributed by atoms with Gasteiger partial charge in [-0.3, -0.25) is 0 Å². The van der Waals surface area contributed by atoms with Crippen LogP contribution in [0.3, 0.4) is 0 Å². The molecule has 0 aromatic carbocycles. The summed E-state index contributed by atoms with van der Waals surface area (Å²) < 4.78 is 40.6. The summed E-state index contributed by atoms with van der Waals surface area (Å²) in [6.07, 6.45) is -3.36. The van der Waals surface area contributed by atoms with Crippen molar-refractivity contribution in [3.8, 4) is 0 Å². The lowest BCUT2D eigenvalue weighted by molar-refractivity contribution is -0.176. The standard InChI is InChI=1S/C12H24F3NO/c1-9(2)5-11(6-16-10(3)4)7-17-8-12(13,14)15/h9-11,16H,5-8H2,1-4H3. The van der Waals surface area contributed by atoms with Crippen molar-refractivity contribution in [3.63, 3.8) is 0 Å². The molecule has 0 aliphatic carbocycles. The van der Waals surface area contributed by atoms with Gasteiger partial charge in [-0.15, -0.1) is 0 Å². The average molecular weight is 255 g/mol. The maximum absolute atomic E-state index is 11.9. The van der Waals surface area contributed by atoms with Gasteiger partial charge < -0.3 is 10.1 Å². The van der Waals surface area contributed by atoms with E-state index in [4.69, 9.17) is 4.74 Å². The summed E-state index contributed by atoms with van der Waals surface area (Å²) in [5, 5.41) is 3.24. The third-order valence-corrected chi connectivity index (χ3v) is 2.24. The Hall–Kier alpha value is -0.290. The number of ether oxygens (including phenoxy) is 1. The molecule has 0 fully saturated rings. The number of halogens is 3. The quantitative estimate of drug-likeness (QED) is 0.719. The minimum atomic E-state index is -4.23. The van der Waals surface area contributed by atoms with Crippen LogP contribution in [-0.2, 0) is 4.74 Å². The van der Waals surface area contributed by atoms with Gasteiger partial charge in [-0.25, -0.2) is 0 Å². The van der Waals surface area contributed by atoms with Gasteiger partial charge in [-0.2, -0.15) is 13.2 Å². The summed E-state index contributed by atoms with van der Waals surface area (Å²) in [5.41, 5.74) is 0. The lowest BCUT2D eigenvalue weighted by Gasteiger charge is -2.21. The zero-order valence-electron chi connectivity index (χ0n) is 11.1. The monoisotopic (exact) mass is 255 g/mol. The maximum atomic E-state index is 11.9. The molecule has 1 atom stereocenters. The van der Waals surface area contributed by atoms with Gasteiger partial charge >= 0.3 is 6.18 Å². The van der Waals surface area contributed by atoms with Crippen LogP contribution < -0.4 is 5.32 Å². The van der Waals surface area contributed by atoms with Gasteiger partial charge in [0.2, 0.25) is 0 Å². The van der Waals surface area contributed by atoms with Crippen LogP contribution in [0.1, 0.15) is 34.1 Å². The van der Waals surface area contributed by atoms with E-state index < -0.39 is 12.8 Å². The number of alkyl halides is 3. The summed E-state index contributed by atoms with van der Waals surface area (Å²) in [5.74, 6) is 0.600. The van der Waals surface area contributed by atoms with E-state index in [0.717, 1.165) is 6.42 Å². The first-order chi connectivity index (χ1) is 7.70. The normalized spacial score (nSPS) is 14.6. The van der Waals surface area contributed by atoms with Crippen LogP contribution in [0.4, 0.5) is 13.2 Å². The van der Waals surface area contributed by atoms with Crippen molar-refractivity contribution in [1.29, 1.82) is 0 Å². The largest absolute Gasteiger partial charge is 0.411 e. The molecule has 0 rings (SSSR count). The SMILES string of the molecule is CC(C)CC(CNC(C)C)COCC(F)(F)F. The maximum Gasteiger partial charge on any atom is 0.411 e. The second kappa shape index (κ2) is 7.93. The Kier molecular flexibility index (Phi) is 7.79. The van der Waals surface area contributed by atoms with Crippen molar-refractivity contribution in [2.24, 2.45) is 11.8 Å². The molecule has 0 heterocycles. The molecule has 0 saturated carbocycles. The highest BCUT2D eigenvalue weighted by molar-refractivity contribution is 4.66. The first-order valence-electron chi connectivity index (χ1n) is 6.08. The Labute approximate surface area is 102 Å². The van der Waals surface area contributed by atoms with Gasteiger partial charge in [-0.1, -0.05) is 27.7 Å². The Balaban J connectivity index is 3.93. The molecule has 0 aliphatic heterocycles. The molecule has 0 saturated heterocycles. The van der Waals surface area contributed by atoms with E-state index in [1.165, 1.54) is 0 Å². The molecule has 0 radical (unpaired) electrons. The van der Waals surface area contributed by atoms with E-state index in [9.17, 15) is 13.2 Å². The topological polar surface area (TPSA) is 21.3 Å². The lowest BCUT2D eigenvalue weighted by atomic mass is 9.97. The molecule has 0 aromatic rings. The van der Waals surface area contributed by atoms with E-state index in [1.807, 2.05) is 13.8 Å². The Morgan fingerprint density at radius 3 is 2.12 bits per heavy atom. The lowest BCUT2D eigenvalue weighted by Crippen LogP contribution is -2.32. The van der Waals surface area contributed by atoms with Crippen LogP contribution in [-0.4, -0.2) is 32.0 Å². The molecule has 2 nitrogen and oxygen atoms in total. The summed E-state index contributed by atoms with van der Waals surface area (Å²) in [4.78, 5) is 0. The van der Waals surface area contributed by atoms with Crippen molar-refractivity contribution in [1.82, 2.24) is 5.32 Å².